The zero-order chi connectivity index (χ0) is 25.3. The molecule has 186 valence electrons. The normalized spacial score (nSPS) is 18.7. The van der Waals surface area contributed by atoms with Crippen LogP contribution in [0, 0.1) is 12.8 Å². The number of carbonyl (C=O) groups excluding carboxylic acids is 1. The van der Waals surface area contributed by atoms with Crippen LogP contribution in [0.15, 0.2) is 89.9 Å². The lowest BCUT2D eigenvalue weighted by Gasteiger charge is -2.26. The molecule has 0 spiro atoms. The van der Waals surface area contributed by atoms with Gasteiger partial charge in [0.2, 0.25) is 0 Å². The molecule has 36 heavy (non-hydrogen) atoms. The largest absolute Gasteiger partial charge is 0.320 e. The molecule has 3 aromatic rings. The van der Waals surface area contributed by atoms with Crippen molar-refractivity contribution in [2.24, 2.45) is 5.92 Å². The summed E-state index contributed by atoms with van der Waals surface area (Å²) in [6.45, 7) is 6.25. The van der Waals surface area contributed by atoms with E-state index < -0.39 is 0 Å². The van der Waals surface area contributed by atoms with E-state index in [1.165, 1.54) is 18.4 Å². The molecule has 0 radical (unpaired) electrons. The topological polar surface area (TPSA) is 42.0 Å². The zero-order valence-electron chi connectivity index (χ0n) is 21.5. The number of hydrogen-bond acceptors (Lipinski definition) is 3. The molecule has 1 aliphatic rings. The predicted octanol–water partition coefficient (Wildman–Crippen LogP) is 9.11. The van der Waals surface area contributed by atoms with Gasteiger partial charge in [-0.15, -0.1) is 11.3 Å². The Morgan fingerprint density at radius 2 is 1.89 bits per heavy atom. The summed E-state index contributed by atoms with van der Waals surface area (Å²) in [6, 6.07) is 16.3. The van der Waals surface area contributed by atoms with Gasteiger partial charge in [-0.25, -0.2) is 4.98 Å². The number of aryl methyl sites for hydroxylation is 1. The molecule has 1 fully saturated rings. The first-order valence-electron chi connectivity index (χ1n) is 12.9. The van der Waals surface area contributed by atoms with Gasteiger partial charge in [-0.2, -0.15) is 0 Å². The summed E-state index contributed by atoms with van der Waals surface area (Å²) in [5.41, 5.74) is 5.90. The number of aromatic nitrogens is 1. The summed E-state index contributed by atoms with van der Waals surface area (Å²) < 4.78 is 0. The highest BCUT2D eigenvalue weighted by Gasteiger charge is 2.25. The Morgan fingerprint density at radius 1 is 1.11 bits per heavy atom. The van der Waals surface area contributed by atoms with Crippen molar-refractivity contribution in [3.63, 3.8) is 0 Å². The molecule has 1 aliphatic carbocycles. The lowest BCUT2D eigenvalue weighted by Crippen LogP contribution is -2.15. The number of nitrogens with one attached hydrogen (secondary N) is 1. The Balaban J connectivity index is 1.35. The molecule has 0 bridgehead atoms. The Hall–Kier alpha value is -3.24. The summed E-state index contributed by atoms with van der Waals surface area (Å²) in [4.78, 5) is 17.9. The quantitative estimate of drug-likeness (QED) is 0.316. The fraction of sp³-hybridized carbons (Fsp3) is 0.312. The van der Waals surface area contributed by atoms with Crippen molar-refractivity contribution in [1.29, 1.82) is 0 Å². The molecule has 1 heterocycles. The molecule has 0 unspecified atom stereocenters. The van der Waals surface area contributed by atoms with Crippen LogP contribution in [0.1, 0.15) is 72.9 Å². The molecule has 1 aromatic heterocycles. The van der Waals surface area contributed by atoms with Crippen LogP contribution >= 0.6 is 11.3 Å². The van der Waals surface area contributed by atoms with Crippen LogP contribution in [0.4, 0.5) is 5.69 Å². The minimum absolute atomic E-state index is 0.140. The lowest BCUT2D eigenvalue weighted by molar-refractivity contribution is 0.102. The summed E-state index contributed by atoms with van der Waals surface area (Å²) in [6.07, 6.45) is 16.7. The van der Waals surface area contributed by atoms with E-state index in [1.54, 1.807) is 11.3 Å². The van der Waals surface area contributed by atoms with Crippen molar-refractivity contribution in [3.8, 4) is 11.1 Å². The molecule has 0 aliphatic heterocycles. The highest BCUT2D eigenvalue weighted by Crippen LogP contribution is 2.38. The van der Waals surface area contributed by atoms with E-state index in [0.717, 1.165) is 52.6 Å². The van der Waals surface area contributed by atoms with Gasteiger partial charge in [0.1, 0.15) is 5.69 Å². The van der Waals surface area contributed by atoms with Gasteiger partial charge in [0, 0.05) is 22.5 Å². The number of rotatable bonds is 8. The number of thiazole rings is 1. The maximum atomic E-state index is 13.1. The second-order valence-corrected chi connectivity index (χ2v) is 10.6. The Bertz CT molecular complexity index is 1240. The maximum Gasteiger partial charge on any atom is 0.275 e. The molecular formula is C32H36N2OS. The second-order valence-electron chi connectivity index (χ2n) is 9.73. The maximum absolute atomic E-state index is 13.1. The lowest BCUT2D eigenvalue weighted by atomic mass is 9.80. The fourth-order valence-corrected chi connectivity index (χ4v) is 5.76. The first-order chi connectivity index (χ1) is 17.5. The molecule has 1 saturated carbocycles. The van der Waals surface area contributed by atoms with Gasteiger partial charge < -0.3 is 5.32 Å². The second kappa shape index (κ2) is 12.6. The number of hydrogen-bond donors (Lipinski definition) is 1. The molecule has 3 nitrogen and oxygen atoms in total. The van der Waals surface area contributed by atoms with Crippen molar-refractivity contribution in [2.75, 3.05) is 5.32 Å². The van der Waals surface area contributed by atoms with Crippen LogP contribution in [0.5, 0.6) is 0 Å². The first kappa shape index (κ1) is 25.8. The third-order valence-electron chi connectivity index (χ3n) is 6.86. The monoisotopic (exact) mass is 496 g/mol. The van der Waals surface area contributed by atoms with Crippen LogP contribution in [0.3, 0.4) is 0 Å². The van der Waals surface area contributed by atoms with E-state index in [-0.39, 0.29) is 5.91 Å². The molecule has 4 heteroatoms. The summed E-state index contributed by atoms with van der Waals surface area (Å²) in [5, 5.41) is 6.13. The first-order valence-corrected chi connectivity index (χ1v) is 13.8. The van der Waals surface area contributed by atoms with Gasteiger partial charge in [0.25, 0.3) is 5.91 Å². The fourth-order valence-electron chi connectivity index (χ4n) is 4.78. The van der Waals surface area contributed by atoms with Gasteiger partial charge in [-0.3, -0.25) is 4.79 Å². The van der Waals surface area contributed by atoms with Crippen LogP contribution in [0.2, 0.25) is 0 Å². The summed E-state index contributed by atoms with van der Waals surface area (Å²) in [5.74, 6) is 1.07. The van der Waals surface area contributed by atoms with Gasteiger partial charge >= 0.3 is 0 Å². The van der Waals surface area contributed by atoms with Crippen LogP contribution in [-0.4, -0.2) is 10.9 Å². The molecular weight excluding hydrogens is 460 g/mol. The number of anilines is 1. The van der Waals surface area contributed by atoms with Crippen LogP contribution in [-0.2, 0) is 0 Å². The SMILES string of the molecule is C\C=C/C=C(C)/C=C\CC1CCC(c2nc(C(=O)Nc3ccc(C)cc3-c3ccccc3)cs2)CC1. The van der Waals surface area contributed by atoms with Gasteiger partial charge in [-0.05, 0) is 76.5 Å². The Labute approximate surface area is 219 Å². The van der Waals surface area contributed by atoms with Gasteiger partial charge in [0.15, 0.2) is 0 Å². The van der Waals surface area contributed by atoms with Crippen LogP contribution < -0.4 is 5.32 Å². The van der Waals surface area contributed by atoms with Gasteiger partial charge in [0.05, 0.1) is 5.01 Å². The molecule has 2 aromatic carbocycles. The predicted molar refractivity (Wildman–Crippen MR) is 154 cm³/mol. The van der Waals surface area contributed by atoms with E-state index >= 15 is 0 Å². The molecule has 1 N–H and O–H groups in total. The third kappa shape index (κ3) is 6.92. The van der Waals surface area contributed by atoms with Crippen molar-refractivity contribution < 1.29 is 4.79 Å². The number of benzene rings is 2. The average Bonchev–Trinajstić information content (AvgIpc) is 3.40. The zero-order valence-corrected chi connectivity index (χ0v) is 22.4. The minimum Gasteiger partial charge on any atom is -0.320 e. The highest BCUT2D eigenvalue weighted by molar-refractivity contribution is 7.10. The summed E-state index contributed by atoms with van der Waals surface area (Å²) in [7, 11) is 0. The van der Waals surface area contributed by atoms with Crippen molar-refractivity contribution >= 4 is 22.9 Å². The van der Waals surface area contributed by atoms with E-state index in [4.69, 9.17) is 4.98 Å². The summed E-state index contributed by atoms with van der Waals surface area (Å²) >= 11 is 1.63. The Kier molecular flexibility index (Phi) is 9.07. The highest BCUT2D eigenvalue weighted by atomic mass is 32.1. The smallest absolute Gasteiger partial charge is 0.275 e. The number of allylic oxidation sites excluding steroid dienone is 6. The minimum atomic E-state index is -0.140. The number of carbonyl (C=O) groups is 1. The molecule has 0 atom stereocenters. The Morgan fingerprint density at radius 3 is 2.64 bits per heavy atom. The molecule has 0 saturated heterocycles. The van der Waals surface area contributed by atoms with Crippen molar-refractivity contribution in [2.45, 2.75) is 58.8 Å². The van der Waals surface area contributed by atoms with E-state index in [9.17, 15) is 4.79 Å². The number of nitrogens with zero attached hydrogens (tertiary/aromatic N) is 1. The standard InChI is InChI=1S/C32H36N2OS/c1-4-5-10-23(2)11-9-12-25-16-18-27(19-17-25)32-34-30(22-36-32)31(35)33-29-20-15-24(3)21-28(29)26-13-7-6-8-14-26/h4-11,13-15,20-22,25,27H,12,16-19H2,1-3H3,(H,33,35)/b5-4-,11-9-,23-10+. The molecule has 1 amide bonds. The third-order valence-corrected chi connectivity index (χ3v) is 7.87. The van der Waals surface area contributed by atoms with Gasteiger partial charge in [-0.1, -0.05) is 77.9 Å². The van der Waals surface area contributed by atoms with Crippen molar-refractivity contribution in [3.05, 3.63) is 106 Å². The van der Waals surface area contributed by atoms with E-state index in [1.807, 2.05) is 42.6 Å². The average molecular weight is 497 g/mol. The van der Waals surface area contributed by atoms with E-state index in [0.29, 0.717) is 11.6 Å². The van der Waals surface area contributed by atoms with E-state index in [2.05, 4.69) is 67.7 Å². The molecule has 4 rings (SSSR count). The van der Waals surface area contributed by atoms with Crippen LogP contribution in [0.25, 0.3) is 11.1 Å². The number of amides is 1. The van der Waals surface area contributed by atoms with Crippen molar-refractivity contribution in [1.82, 2.24) is 4.98 Å².